The molecule has 0 saturated heterocycles. The second kappa shape index (κ2) is 7.33. The number of aryl methyl sites for hydroxylation is 1. The zero-order valence-corrected chi connectivity index (χ0v) is 14.0. The first-order valence-corrected chi connectivity index (χ1v) is 7.73. The highest BCUT2D eigenvalue weighted by molar-refractivity contribution is 5.92. The summed E-state index contributed by atoms with van der Waals surface area (Å²) in [5.41, 5.74) is 2.30. The summed E-state index contributed by atoms with van der Waals surface area (Å²) in [5, 5.41) is 13.0. The van der Waals surface area contributed by atoms with Gasteiger partial charge in [-0.05, 0) is 50.6 Å². The fraction of sp³-hybridized carbons (Fsp3) is 0.389. The molecule has 1 atom stereocenters. The van der Waals surface area contributed by atoms with Gasteiger partial charge in [-0.1, -0.05) is 12.1 Å². The lowest BCUT2D eigenvalue weighted by Gasteiger charge is -2.15. The van der Waals surface area contributed by atoms with Crippen molar-refractivity contribution in [2.45, 2.75) is 33.0 Å². The number of rotatable bonds is 6. The number of amides is 1. The molecule has 2 aromatic rings. The Morgan fingerprint density at radius 1 is 1.30 bits per heavy atom. The van der Waals surface area contributed by atoms with Crippen molar-refractivity contribution in [3.63, 3.8) is 0 Å². The van der Waals surface area contributed by atoms with Gasteiger partial charge in [-0.2, -0.15) is 0 Å². The van der Waals surface area contributed by atoms with E-state index in [2.05, 4.69) is 5.32 Å². The maximum absolute atomic E-state index is 12.2. The Morgan fingerprint density at radius 2 is 2.04 bits per heavy atom. The standard InChI is InChI=1S/C18H24N2O3/c1-12(2)23-15-7-5-6-14(10-15)17(21)11-19-18(22)16-9-8-13(3)20(16)4/h5-10,12,17,21H,11H2,1-4H3,(H,19,22)/t17-/m1/s1. The van der Waals surface area contributed by atoms with Crippen molar-refractivity contribution >= 4 is 5.91 Å². The van der Waals surface area contributed by atoms with E-state index in [4.69, 9.17) is 4.74 Å². The first kappa shape index (κ1) is 17.1. The molecule has 5 nitrogen and oxygen atoms in total. The van der Waals surface area contributed by atoms with Crippen molar-refractivity contribution in [2.75, 3.05) is 6.54 Å². The molecule has 0 unspecified atom stereocenters. The van der Waals surface area contributed by atoms with E-state index in [0.717, 1.165) is 5.69 Å². The number of carbonyl (C=O) groups excluding carboxylic acids is 1. The molecule has 1 heterocycles. The lowest BCUT2D eigenvalue weighted by atomic mass is 10.1. The van der Waals surface area contributed by atoms with Crippen LogP contribution in [0.1, 0.15) is 41.7 Å². The summed E-state index contributed by atoms with van der Waals surface area (Å²) in [5.74, 6) is 0.509. The SMILES string of the molecule is Cc1ccc(C(=O)NC[C@@H](O)c2cccc(OC(C)C)c2)n1C. The van der Waals surface area contributed by atoms with Gasteiger partial charge in [0.25, 0.3) is 5.91 Å². The van der Waals surface area contributed by atoms with Crippen LogP contribution in [0.3, 0.4) is 0 Å². The fourth-order valence-corrected chi connectivity index (χ4v) is 2.31. The van der Waals surface area contributed by atoms with E-state index in [-0.39, 0.29) is 18.6 Å². The Morgan fingerprint density at radius 3 is 2.65 bits per heavy atom. The molecule has 1 aromatic carbocycles. The zero-order chi connectivity index (χ0) is 17.0. The number of hydrogen-bond donors (Lipinski definition) is 2. The highest BCUT2D eigenvalue weighted by atomic mass is 16.5. The van der Waals surface area contributed by atoms with Crippen LogP contribution in [0.15, 0.2) is 36.4 Å². The molecular weight excluding hydrogens is 292 g/mol. The fourth-order valence-electron chi connectivity index (χ4n) is 2.31. The van der Waals surface area contributed by atoms with Crippen molar-refractivity contribution in [3.05, 3.63) is 53.3 Å². The first-order chi connectivity index (χ1) is 10.9. The van der Waals surface area contributed by atoms with Crippen LogP contribution in [0, 0.1) is 6.92 Å². The molecule has 0 fully saturated rings. The van der Waals surface area contributed by atoms with E-state index in [1.165, 1.54) is 0 Å². The molecule has 5 heteroatoms. The molecule has 0 spiro atoms. The Balaban J connectivity index is 1.98. The second-order valence-corrected chi connectivity index (χ2v) is 5.88. The quantitative estimate of drug-likeness (QED) is 0.861. The van der Waals surface area contributed by atoms with Gasteiger partial charge in [0.1, 0.15) is 11.4 Å². The zero-order valence-electron chi connectivity index (χ0n) is 14.0. The summed E-state index contributed by atoms with van der Waals surface area (Å²) >= 11 is 0. The van der Waals surface area contributed by atoms with Crippen molar-refractivity contribution in [2.24, 2.45) is 7.05 Å². The lowest BCUT2D eigenvalue weighted by Crippen LogP contribution is -2.29. The normalized spacial score (nSPS) is 12.3. The molecule has 0 aliphatic rings. The summed E-state index contributed by atoms with van der Waals surface area (Å²) in [6.07, 6.45) is -0.710. The molecule has 0 bridgehead atoms. The van der Waals surface area contributed by atoms with Crippen molar-refractivity contribution in [1.29, 1.82) is 0 Å². The molecule has 23 heavy (non-hydrogen) atoms. The van der Waals surface area contributed by atoms with Crippen molar-refractivity contribution in [3.8, 4) is 5.75 Å². The topological polar surface area (TPSA) is 63.5 Å². The number of aromatic nitrogens is 1. The molecule has 0 aliphatic carbocycles. The van der Waals surface area contributed by atoms with Gasteiger partial charge in [-0.25, -0.2) is 0 Å². The minimum absolute atomic E-state index is 0.0719. The predicted molar refractivity (Wildman–Crippen MR) is 89.6 cm³/mol. The smallest absolute Gasteiger partial charge is 0.268 e. The minimum atomic E-state index is -0.781. The van der Waals surface area contributed by atoms with Gasteiger partial charge in [0, 0.05) is 19.3 Å². The average molecular weight is 316 g/mol. The third-order valence-electron chi connectivity index (χ3n) is 3.68. The van der Waals surface area contributed by atoms with E-state index in [9.17, 15) is 9.90 Å². The van der Waals surface area contributed by atoms with Gasteiger partial charge >= 0.3 is 0 Å². The monoisotopic (exact) mass is 316 g/mol. The molecule has 0 radical (unpaired) electrons. The van der Waals surface area contributed by atoms with Gasteiger partial charge in [0.15, 0.2) is 0 Å². The number of benzene rings is 1. The number of carbonyl (C=O) groups is 1. The summed E-state index contributed by atoms with van der Waals surface area (Å²) in [4.78, 5) is 12.2. The maximum atomic E-state index is 12.2. The van der Waals surface area contributed by atoms with E-state index < -0.39 is 6.10 Å². The summed E-state index contributed by atoms with van der Waals surface area (Å²) in [6.45, 7) is 5.98. The van der Waals surface area contributed by atoms with Crippen molar-refractivity contribution < 1.29 is 14.6 Å². The molecule has 2 N–H and O–H groups in total. The largest absolute Gasteiger partial charge is 0.491 e. The van der Waals surface area contributed by atoms with Crippen LogP contribution >= 0.6 is 0 Å². The summed E-state index contributed by atoms with van der Waals surface area (Å²) < 4.78 is 7.43. The van der Waals surface area contributed by atoms with Crippen LogP contribution in [-0.2, 0) is 7.05 Å². The number of hydrogen-bond acceptors (Lipinski definition) is 3. The van der Waals surface area contributed by atoms with Crippen LogP contribution in [0.5, 0.6) is 5.75 Å². The lowest BCUT2D eigenvalue weighted by molar-refractivity contribution is 0.0908. The van der Waals surface area contributed by atoms with E-state index in [1.807, 2.05) is 56.7 Å². The van der Waals surface area contributed by atoms with Crippen LogP contribution in [0.25, 0.3) is 0 Å². The molecule has 2 rings (SSSR count). The number of nitrogens with one attached hydrogen (secondary N) is 1. The number of aliphatic hydroxyl groups is 1. The van der Waals surface area contributed by atoms with Crippen LogP contribution in [0.4, 0.5) is 0 Å². The van der Waals surface area contributed by atoms with Gasteiger partial charge in [-0.3, -0.25) is 4.79 Å². The molecule has 0 saturated carbocycles. The van der Waals surface area contributed by atoms with E-state index in [1.54, 1.807) is 12.1 Å². The summed E-state index contributed by atoms with van der Waals surface area (Å²) in [7, 11) is 1.84. The third kappa shape index (κ3) is 4.36. The maximum Gasteiger partial charge on any atom is 0.268 e. The molecule has 0 aliphatic heterocycles. The Hall–Kier alpha value is -2.27. The molecule has 124 valence electrons. The number of nitrogens with zero attached hydrogens (tertiary/aromatic N) is 1. The summed E-state index contributed by atoms with van der Waals surface area (Å²) in [6, 6.07) is 11.0. The van der Waals surface area contributed by atoms with Gasteiger partial charge in [0.05, 0.1) is 12.2 Å². The second-order valence-electron chi connectivity index (χ2n) is 5.88. The molecule has 1 amide bonds. The van der Waals surface area contributed by atoms with Gasteiger partial charge in [0.2, 0.25) is 0 Å². The van der Waals surface area contributed by atoms with E-state index in [0.29, 0.717) is 17.0 Å². The molecule has 1 aromatic heterocycles. The predicted octanol–water partition coefficient (Wildman–Crippen LogP) is 2.58. The minimum Gasteiger partial charge on any atom is -0.491 e. The van der Waals surface area contributed by atoms with Gasteiger partial charge < -0.3 is 19.7 Å². The van der Waals surface area contributed by atoms with Crippen LogP contribution in [0.2, 0.25) is 0 Å². The Labute approximate surface area is 136 Å². The number of ether oxygens (including phenoxy) is 1. The molecular formula is C18H24N2O3. The van der Waals surface area contributed by atoms with E-state index >= 15 is 0 Å². The Bertz CT molecular complexity index is 677. The Kier molecular flexibility index (Phi) is 5.45. The van der Waals surface area contributed by atoms with Gasteiger partial charge in [-0.15, -0.1) is 0 Å². The highest BCUT2D eigenvalue weighted by Crippen LogP contribution is 2.20. The average Bonchev–Trinajstić information content (AvgIpc) is 2.84. The highest BCUT2D eigenvalue weighted by Gasteiger charge is 2.14. The first-order valence-electron chi connectivity index (χ1n) is 7.73. The van der Waals surface area contributed by atoms with Crippen molar-refractivity contribution in [1.82, 2.24) is 9.88 Å². The number of aliphatic hydroxyl groups excluding tert-OH is 1. The van der Waals surface area contributed by atoms with Crippen LogP contribution in [-0.4, -0.2) is 28.2 Å². The third-order valence-corrected chi connectivity index (χ3v) is 3.68. The van der Waals surface area contributed by atoms with Crippen LogP contribution < -0.4 is 10.1 Å².